The number of H-pyrrole nitrogens is 1. The molecule has 0 amide bonds. The van der Waals surface area contributed by atoms with Crippen molar-refractivity contribution in [2.45, 2.75) is 13.8 Å². The van der Waals surface area contributed by atoms with Gasteiger partial charge in [0.05, 0.1) is 42.9 Å². The van der Waals surface area contributed by atoms with E-state index in [2.05, 4.69) is 15.0 Å². The van der Waals surface area contributed by atoms with E-state index in [9.17, 15) is 0 Å². The molecule has 0 bridgehead atoms. The van der Waals surface area contributed by atoms with E-state index in [1.807, 2.05) is 26.0 Å². The molecule has 3 nitrogen and oxygen atoms in total. The molecule has 0 saturated carbocycles. The van der Waals surface area contributed by atoms with Crippen molar-refractivity contribution in [3.05, 3.63) is 77.9 Å². The van der Waals surface area contributed by atoms with Gasteiger partial charge in [-0.15, -0.1) is 0 Å². The van der Waals surface area contributed by atoms with Gasteiger partial charge in [-0.1, -0.05) is 69.6 Å². The molecule has 0 aliphatic heterocycles. The molecule has 3 aromatic rings. The van der Waals surface area contributed by atoms with Crippen LogP contribution >= 0.6 is 89.8 Å². The molecule has 2 aromatic carbocycles. The van der Waals surface area contributed by atoms with Crippen LogP contribution in [0.5, 0.6) is 0 Å². The monoisotopic (exact) mass is 631 g/mol. The quantitative estimate of drug-likeness (QED) is 0.219. The Morgan fingerprint density at radius 1 is 0.656 bits per heavy atom. The summed E-state index contributed by atoms with van der Waals surface area (Å²) in [4.78, 5) is 12.3. The van der Waals surface area contributed by atoms with E-state index in [1.165, 1.54) is 0 Å². The summed E-state index contributed by atoms with van der Waals surface area (Å²) in [6, 6.07) is 10.1. The molecule has 0 saturated heterocycles. The van der Waals surface area contributed by atoms with E-state index >= 15 is 0 Å². The average Bonchev–Trinajstić information content (AvgIpc) is 3.18. The molecule has 0 unspecified atom stereocenters. The Hall–Kier alpha value is -0.101. The second-order valence-electron chi connectivity index (χ2n) is 6.17. The zero-order valence-corrected chi connectivity index (χ0v) is 23.4. The summed E-state index contributed by atoms with van der Waals surface area (Å²) in [5.74, 6) is 0. The van der Waals surface area contributed by atoms with Gasteiger partial charge >= 0.3 is 33.3 Å². The Kier molecular flexibility index (Phi) is 11.5. The number of benzene rings is 2. The zero-order valence-electron chi connectivity index (χ0n) is 16.2. The van der Waals surface area contributed by atoms with Gasteiger partial charge in [-0.2, -0.15) is 0 Å². The molecule has 12 heteroatoms. The van der Waals surface area contributed by atoms with Crippen molar-refractivity contribution in [1.82, 2.24) is 4.98 Å². The molecule has 0 fully saturated rings. The van der Waals surface area contributed by atoms with Crippen molar-refractivity contribution in [2.75, 3.05) is 0 Å². The third-order valence-corrected chi connectivity index (χ3v) is 5.58. The van der Waals surface area contributed by atoms with Crippen molar-refractivity contribution >= 4 is 113 Å². The summed E-state index contributed by atoms with van der Waals surface area (Å²) in [7, 11) is 9.53. The van der Waals surface area contributed by atoms with Gasteiger partial charge in [0.1, 0.15) is 11.4 Å². The SMILES string of the molecule is CC(=Nc1c(Cl)cc(Cl)cc1Cl)c1ccc(C(C)=Nc2c(Cl)cc(Cl)cc2Cl)[nH]1.[Cl][Fe][Cl]. The van der Waals surface area contributed by atoms with Crippen LogP contribution in [0.3, 0.4) is 0 Å². The predicted octanol–water partition coefficient (Wildman–Crippen LogP) is 10.6. The van der Waals surface area contributed by atoms with Crippen molar-refractivity contribution in [2.24, 2.45) is 9.98 Å². The van der Waals surface area contributed by atoms with Gasteiger partial charge in [0, 0.05) is 10.0 Å². The Morgan fingerprint density at radius 3 is 1.22 bits per heavy atom. The molecule has 1 aromatic heterocycles. The third kappa shape index (κ3) is 7.71. The number of aromatic amines is 1. The van der Waals surface area contributed by atoms with Crippen LogP contribution in [0.15, 0.2) is 46.4 Å². The van der Waals surface area contributed by atoms with Gasteiger partial charge in [0.25, 0.3) is 0 Å². The summed E-state index contributed by atoms with van der Waals surface area (Å²) >= 11 is 36.9. The Morgan fingerprint density at radius 2 is 0.938 bits per heavy atom. The first-order valence-electron chi connectivity index (χ1n) is 8.52. The predicted molar refractivity (Wildman–Crippen MR) is 139 cm³/mol. The first-order valence-corrected chi connectivity index (χ1v) is 13.8. The van der Waals surface area contributed by atoms with E-state index in [-0.39, 0.29) is 13.1 Å². The zero-order chi connectivity index (χ0) is 24.0. The summed E-state index contributed by atoms with van der Waals surface area (Å²) in [5, 5.41) is 2.39. The number of rotatable bonds is 4. The maximum absolute atomic E-state index is 6.21. The van der Waals surface area contributed by atoms with Gasteiger partial charge in [-0.05, 0) is 50.2 Å². The van der Waals surface area contributed by atoms with E-state index in [1.54, 1.807) is 24.3 Å². The van der Waals surface area contributed by atoms with E-state index in [0.29, 0.717) is 52.9 Å². The van der Waals surface area contributed by atoms with E-state index in [4.69, 9.17) is 89.8 Å². The number of halogens is 8. The average molecular weight is 635 g/mol. The van der Waals surface area contributed by atoms with Gasteiger partial charge in [0.2, 0.25) is 0 Å². The number of hydrogen-bond donors (Lipinski definition) is 1. The topological polar surface area (TPSA) is 40.5 Å². The standard InChI is InChI=1S/C20H13Cl6N3.2ClH.Fe/c1-9(27-19-13(23)5-11(21)6-14(19)24)17-3-4-18(29-17)10(2)28-20-15(25)7-12(22)8-16(20)26;;;/h3-8,29H,1-2H3;2*1H;/q;;;+2/p-2. The minimum atomic E-state index is 0.194. The molecular formula is C20H13Cl8FeN3. The fraction of sp³-hybridized carbons (Fsp3) is 0.100. The van der Waals surface area contributed by atoms with Crippen molar-refractivity contribution < 1.29 is 13.1 Å². The fourth-order valence-electron chi connectivity index (χ4n) is 2.56. The van der Waals surface area contributed by atoms with Crippen molar-refractivity contribution in [3.8, 4) is 0 Å². The summed E-state index contributed by atoms with van der Waals surface area (Å²) in [5.41, 5.74) is 3.86. The Balaban J connectivity index is 0.00000114. The van der Waals surface area contributed by atoms with E-state index in [0.717, 1.165) is 11.4 Å². The first kappa shape index (κ1) is 28.1. The molecule has 0 atom stereocenters. The first-order chi connectivity index (χ1) is 15.1. The molecule has 32 heavy (non-hydrogen) atoms. The number of nitrogens with zero attached hydrogens (tertiary/aromatic N) is 2. The number of aromatic nitrogens is 1. The summed E-state index contributed by atoms with van der Waals surface area (Å²) in [6.07, 6.45) is 0. The second-order valence-corrected chi connectivity index (χ2v) is 10.5. The van der Waals surface area contributed by atoms with Crippen LogP contribution in [-0.2, 0) is 13.1 Å². The van der Waals surface area contributed by atoms with Crippen LogP contribution in [0, 0.1) is 0 Å². The molecule has 0 aliphatic rings. The molecular weight excluding hydrogens is 622 g/mol. The minimum absolute atomic E-state index is 0.194. The van der Waals surface area contributed by atoms with Gasteiger partial charge in [-0.25, -0.2) is 9.98 Å². The molecule has 0 aliphatic carbocycles. The molecule has 1 N–H and O–H groups in total. The van der Waals surface area contributed by atoms with Gasteiger partial charge < -0.3 is 4.98 Å². The number of nitrogens with one attached hydrogen (secondary N) is 1. The van der Waals surface area contributed by atoms with Gasteiger partial charge in [-0.3, -0.25) is 0 Å². The van der Waals surface area contributed by atoms with Crippen LogP contribution in [0.2, 0.25) is 30.1 Å². The van der Waals surface area contributed by atoms with E-state index < -0.39 is 0 Å². The molecule has 0 radical (unpaired) electrons. The molecule has 0 spiro atoms. The molecule has 1 heterocycles. The van der Waals surface area contributed by atoms with Crippen LogP contribution in [0.4, 0.5) is 11.4 Å². The number of hydrogen-bond acceptors (Lipinski definition) is 2. The maximum atomic E-state index is 6.21. The fourth-order valence-corrected chi connectivity index (χ4v) is 4.36. The molecule has 172 valence electrons. The Bertz CT molecular complexity index is 1040. The summed E-state index contributed by atoms with van der Waals surface area (Å²) < 4.78 is 0. The number of aliphatic imine (C=N–C) groups is 2. The molecule has 3 rings (SSSR count). The summed E-state index contributed by atoms with van der Waals surface area (Å²) in [6.45, 7) is 3.69. The normalized spacial score (nSPS) is 12.1. The van der Waals surface area contributed by atoms with Crippen LogP contribution in [0.1, 0.15) is 25.2 Å². The van der Waals surface area contributed by atoms with Gasteiger partial charge in [0.15, 0.2) is 0 Å². The Labute approximate surface area is 230 Å². The van der Waals surface area contributed by atoms with Crippen LogP contribution in [0.25, 0.3) is 0 Å². The van der Waals surface area contributed by atoms with Crippen LogP contribution in [-0.4, -0.2) is 16.4 Å². The second kappa shape index (κ2) is 13.1. The van der Waals surface area contributed by atoms with Crippen molar-refractivity contribution in [1.29, 1.82) is 0 Å². The third-order valence-electron chi connectivity index (χ3n) is 3.99. The van der Waals surface area contributed by atoms with Crippen LogP contribution < -0.4 is 0 Å². The van der Waals surface area contributed by atoms with Crippen molar-refractivity contribution in [3.63, 3.8) is 0 Å².